The normalized spacial score (nSPS) is 13.6. The molecule has 0 bridgehead atoms. The van der Waals surface area contributed by atoms with Gasteiger partial charge in [0.25, 0.3) is 0 Å². The van der Waals surface area contributed by atoms with E-state index in [1.165, 1.54) is 14.0 Å². The third-order valence-corrected chi connectivity index (χ3v) is 6.45. The molecule has 0 aliphatic carbocycles. The molecular formula is C22H37NO5S. The zero-order valence-corrected chi connectivity index (χ0v) is 19.5. The van der Waals surface area contributed by atoms with Gasteiger partial charge in [0.15, 0.2) is 11.5 Å². The second-order valence-electron chi connectivity index (χ2n) is 7.39. The molecular weight excluding hydrogens is 390 g/mol. The van der Waals surface area contributed by atoms with Crippen molar-refractivity contribution >= 4 is 16.0 Å². The second kappa shape index (κ2) is 12.1. The summed E-state index contributed by atoms with van der Waals surface area (Å²) in [5.74, 6) is 0.546. The molecule has 166 valence electrons. The number of nitrogens with zero attached hydrogens (tertiary/aromatic N) is 1. The van der Waals surface area contributed by atoms with Crippen LogP contribution in [0.15, 0.2) is 18.2 Å². The fourth-order valence-electron chi connectivity index (χ4n) is 3.14. The van der Waals surface area contributed by atoms with Crippen molar-refractivity contribution in [3.05, 3.63) is 23.8 Å². The quantitative estimate of drug-likeness (QED) is 0.424. The molecule has 7 heteroatoms. The molecule has 1 aromatic rings. The third-order valence-electron chi connectivity index (χ3n) is 5.31. The number of rotatable bonds is 13. The van der Waals surface area contributed by atoms with E-state index in [1.54, 1.807) is 12.1 Å². The summed E-state index contributed by atoms with van der Waals surface area (Å²) < 4.78 is 34.3. The van der Waals surface area contributed by atoms with Crippen molar-refractivity contribution in [3.63, 3.8) is 0 Å². The van der Waals surface area contributed by atoms with E-state index in [0.29, 0.717) is 12.3 Å². The predicted molar refractivity (Wildman–Crippen MR) is 117 cm³/mol. The minimum atomic E-state index is -3.68. The Morgan fingerprint density at radius 2 is 1.79 bits per heavy atom. The van der Waals surface area contributed by atoms with Crippen LogP contribution >= 0.6 is 0 Å². The minimum absolute atomic E-state index is 0.0124. The SMILES string of the molecule is CCCC[C@@H](CC)C(=O)N(Cc1ccc(OC)c(OS(=O)(=O)CC)c1)[C@H](C)CC. The van der Waals surface area contributed by atoms with Gasteiger partial charge in [0.2, 0.25) is 5.91 Å². The molecule has 0 spiro atoms. The van der Waals surface area contributed by atoms with Crippen LogP contribution in [0.5, 0.6) is 11.5 Å². The van der Waals surface area contributed by atoms with E-state index >= 15 is 0 Å². The Morgan fingerprint density at radius 3 is 2.31 bits per heavy atom. The van der Waals surface area contributed by atoms with Gasteiger partial charge in [0.05, 0.1) is 12.9 Å². The number of methoxy groups -OCH3 is 1. The average Bonchev–Trinajstić information content (AvgIpc) is 2.71. The average molecular weight is 428 g/mol. The van der Waals surface area contributed by atoms with Crippen LogP contribution < -0.4 is 8.92 Å². The van der Waals surface area contributed by atoms with Crippen molar-refractivity contribution in [1.29, 1.82) is 0 Å². The first kappa shape index (κ1) is 25.3. The zero-order chi connectivity index (χ0) is 22.0. The monoisotopic (exact) mass is 427 g/mol. The molecule has 1 aromatic carbocycles. The second-order valence-corrected chi connectivity index (χ2v) is 9.25. The Balaban J connectivity index is 3.17. The number of unbranched alkanes of at least 4 members (excludes halogenated alkanes) is 1. The molecule has 1 amide bonds. The number of hydrogen-bond acceptors (Lipinski definition) is 5. The molecule has 0 saturated heterocycles. The van der Waals surface area contributed by atoms with E-state index in [9.17, 15) is 13.2 Å². The first-order valence-corrected chi connectivity index (χ1v) is 12.2. The zero-order valence-electron chi connectivity index (χ0n) is 18.7. The van der Waals surface area contributed by atoms with Gasteiger partial charge in [-0.15, -0.1) is 0 Å². The van der Waals surface area contributed by atoms with Crippen molar-refractivity contribution in [1.82, 2.24) is 4.90 Å². The molecule has 0 aliphatic rings. The maximum Gasteiger partial charge on any atom is 0.309 e. The Hall–Kier alpha value is -1.76. The molecule has 0 N–H and O–H groups in total. The van der Waals surface area contributed by atoms with Gasteiger partial charge in [0, 0.05) is 18.5 Å². The molecule has 0 fully saturated rings. The fourth-order valence-corrected chi connectivity index (χ4v) is 3.66. The smallest absolute Gasteiger partial charge is 0.309 e. The Labute approximate surface area is 176 Å². The summed E-state index contributed by atoms with van der Waals surface area (Å²) in [5.41, 5.74) is 0.811. The van der Waals surface area contributed by atoms with Gasteiger partial charge >= 0.3 is 10.1 Å². The minimum Gasteiger partial charge on any atom is -0.493 e. The lowest BCUT2D eigenvalue weighted by Gasteiger charge is -2.32. The fraction of sp³-hybridized carbons (Fsp3) is 0.682. The van der Waals surface area contributed by atoms with Gasteiger partial charge in [-0.3, -0.25) is 4.79 Å². The van der Waals surface area contributed by atoms with Crippen molar-refractivity contribution in [2.75, 3.05) is 12.9 Å². The van der Waals surface area contributed by atoms with E-state index in [1.807, 2.05) is 17.9 Å². The standard InChI is InChI=1S/C22H37NO5S/c1-7-11-12-19(9-3)22(24)23(17(5)8-2)16-18-13-14-20(27-6)21(15-18)28-29(25,26)10-4/h13-15,17,19H,7-12,16H2,1-6H3/t17-,19-/m1/s1. The number of carbonyl (C=O) groups is 1. The van der Waals surface area contributed by atoms with E-state index in [0.717, 1.165) is 37.7 Å². The lowest BCUT2D eigenvalue weighted by molar-refractivity contribution is -0.138. The van der Waals surface area contributed by atoms with E-state index < -0.39 is 10.1 Å². The number of ether oxygens (including phenoxy) is 1. The van der Waals surface area contributed by atoms with E-state index in [4.69, 9.17) is 8.92 Å². The maximum atomic E-state index is 13.2. The van der Waals surface area contributed by atoms with Crippen LogP contribution in [0.1, 0.15) is 72.3 Å². The van der Waals surface area contributed by atoms with Crippen LogP contribution in [0.3, 0.4) is 0 Å². The van der Waals surface area contributed by atoms with Gasteiger partial charge in [-0.2, -0.15) is 8.42 Å². The highest BCUT2D eigenvalue weighted by molar-refractivity contribution is 7.87. The summed E-state index contributed by atoms with van der Waals surface area (Å²) >= 11 is 0. The molecule has 0 aliphatic heterocycles. The lowest BCUT2D eigenvalue weighted by Crippen LogP contribution is -2.41. The summed E-state index contributed by atoms with van der Waals surface area (Å²) in [5, 5.41) is 0. The predicted octanol–water partition coefficient (Wildman–Crippen LogP) is 4.77. The number of amides is 1. The third kappa shape index (κ3) is 7.53. The van der Waals surface area contributed by atoms with Crippen LogP contribution in [-0.2, 0) is 21.5 Å². The molecule has 0 saturated carbocycles. The van der Waals surface area contributed by atoms with E-state index in [-0.39, 0.29) is 29.4 Å². The molecule has 0 unspecified atom stereocenters. The van der Waals surface area contributed by atoms with Crippen LogP contribution in [0.2, 0.25) is 0 Å². The van der Waals surface area contributed by atoms with Crippen molar-refractivity contribution < 1.29 is 22.1 Å². The van der Waals surface area contributed by atoms with Crippen LogP contribution in [0.4, 0.5) is 0 Å². The van der Waals surface area contributed by atoms with Crippen molar-refractivity contribution in [2.24, 2.45) is 5.92 Å². The molecule has 0 heterocycles. The highest BCUT2D eigenvalue weighted by atomic mass is 32.2. The van der Waals surface area contributed by atoms with Gasteiger partial charge in [0.1, 0.15) is 0 Å². The molecule has 6 nitrogen and oxygen atoms in total. The first-order chi connectivity index (χ1) is 13.7. The number of carbonyl (C=O) groups excluding carboxylic acids is 1. The van der Waals surface area contributed by atoms with Gasteiger partial charge in [-0.05, 0) is 50.8 Å². The summed E-state index contributed by atoms with van der Waals surface area (Å²) in [6.07, 6.45) is 4.66. The summed E-state index contributed by atoms with van der Waals surface area (Å²) in [7, 11) is -2.21. The Kier molecular flexibility index (Phi) is 10.5. The van der Waals surface area contributed by atoms with Gasteiger partial charge < -0.3 is 13.8 Å². The van der Waals surface area contributed by atoms with Crippen LogP contribution in [0, 0.1) is 5.92 Å². The van der Waals surface area contributed by atoms with Crippen molar-refractivity contribution in [3.8, 4) is 11.5 Å². The molecule has 2 atom stereocenters. The summed E-state index contributed by atoms with van der Waals surface area (Å²) in [4.78, 5) is 15.1. The van der Waals surface area contributed by atoms with Gasteiger partial charge in [-0.25, -0.2) is 0 Å². The van der Waals surface area contributed by atoms with Gasteiger partial charge in [-0.1, -0.05) is 39.7 Å². The summed E-state index contributed by atoms with van der Waals surface area (Å²) in [6, 6.07) is 5.27. The lowest BCUT2D eigenvalue weighted by atomic mass is 9.96. The van der Waals surface area contributed by atoms with Crippen LogP contribution in [-0.4, -0.2) is 38.1 Å². The van der Waals surface area contributed by atoms with Crippen LogP contribution in [0.25, 0.3) is 0 Å². The highest BCUT2D eigenvalue weighted by Gasteiger charge is 2.26. The topological polar surface area (TPSA) is 72.9 Å². The number of benzene rings is 1. The van der Waals surface area contributed by atoms with E-state index in [2.05, 4.69) is 20.8 Å². The Bertz CT molecular complexity index is 748. The molecule has 0 aromatic heterocycles. The number of hydrogen-bond donors (Lipinski definition) is 0. The molecule has 1 rings (SSSR count). The first-order valence-electron chi connectivity index (χ1n) is 10.6. The maximum absolute atomic E-state index is 13.2. The largest absolute Gasteiger partial charge is 0.493 e. The highest BCUT2D eigenvalue weighted by Crippen LogP contribution is 2.31. The Morgan fingerprint density at radius 1 is 1.10 bits per heavy atom. The summed E-state index contributed by atoms with van der Waals surface area (Å²) in [6.45, 7) is 10.2. The van der Waals surface area contributed by atoms with Crippen molar-refractivity contribution in [2.45, 2.75) is 79.3 Å². The molecule has 29 heavy (non-hydrogen) atoms. The molecule has 0 radical (unpaired) electrons.